The summed E-state index contributed by atoms with van der Waals surface area (Å²) in [4.78, 5) is 12.7. The van der Waals surface area contributed by atoms with E-state index in [1.165, 1.54) is 0 Å². The molecule has 1 aromatic heterocycles. The average molecular weight is 406 g/mol. The van der Waals surface area contributed by atoms with Crippen LogP contribution in [0, 0.1) is 25.2 Å². The van der Waals surface area contributed by atoms with Crippen molar-refractivity contribution in [1.29, 1.82) is 5.26 Å². The van der Waals surface area contributed by atoms with Gasteiger partial charge in [0, 0.05) is 28.4 Å². The molecule has 4 aromatic rings. The molecule has 1 N–H and O–H groups in total. The molecule has 1 amide bonds. The lowest BCUT2D eigenvalue weighted by molar-refractivity contribution is -0.116. The highest BCUT2D eigenvalue weighted by molar-refractivity contribution is 5.99. The van der Waals surface area contributed by atoms with Gasteiger partial charge < -0.3 is 9.88 Å². The number of allylic oxidation sites excluding steroid dienone is 1. The number of carbonyl (C=O) groups is 1. The van der Waals surface area contributed by atoms with E-state index in [0.29, 0.717) is 5.57 Å². The van der Waals surface area contributed by atoms with Gasteiger partial charge in [0.15, 0.2) is 0 Å². The molecule has 4 rings (SSSR count). The number of nitrogens with one attached hydrogen (secondary N) is 1. The van der Waals surface area contributed by atoms with E-state index in [1.54, 1.807) is 0 Å². The lowest BCUT2D eigenvalue weighted by Crippen LogP contribution is -2.18. The fourth-order valence-electron chi connectivity index (χ4n) is 3.67. The molecule has 3 aromatic carbocycles. The topological polar surface area (TPSA) is 57.8 Å². The molecule has 0 bridgehead atoms. The van der Waals surface area contributed by atoms with Crippen molar-refractivity contribution in [3.63, 3.8) is 0 Å². The first-order valence-electron chi connectivity index (χ1n) is 10.2. The number of benzene rings is 3. The zero-order chi connectivity index (χ0) is 21.8. The van der Waals surface area contributed by atoms with Crippen LogP contribution in [0.3, 0.4) is 0 Å². The Bertz CT molecular complexity index is 1320. The summed E-state index contributed by atoms with van der Waals surface area (Å²) in [5.41, 5.74) is 6.36. The molecule has 31 heavy (non-hydrogen) atoms. The average Bonchev–Trinajstić information content (AvgIpc) is 3.10. The van der Waals surface area contributed by atoms with Crippen LogP contribution < -0.4 is 5.32 Å². The monoisotopic (exact) mass is 405 g/mol. The van der Waals surface area contributed by atoms with Crippen molar-refractivity contribution in [2.24, 2.45) is 0 Å². The van der Waals surface area contributed by atoms with Crippen LogP contribution in [0.5, 0.6) is 0 Å². The van der Waals surface area contributed by atoms with E-state index in [0.717, 1.165) is 38.8 Å². The van der Waals surface area contributed by atoms with E-state index in [1.807, 2.05) is 103 Å². The summed E-state index contributed by atoms with van der Waals surface area (Å²) in [6.07, 6.45) is 3.83. The first kappa shape index (κ1) is 20.2. The SMILES string of the molecule is Cc1ccc(/C(C#N)=C\c2cn(CC(=O)Nc3cccc(C)c3)c3ccccc23)cc1. The van der Waals surface area contributed by atoms with Gasteiger partial charge in [0.2, 0.25) is 5.91 Å². The standard InChI is InChI=1S/C27H23N3O/c1-19-10-12-21(13-11-19)22(16-28)15-23-17-30(26-9-4-3-8-25(23)26)18-27(31)29-24-7-5-6-20(2)14-24/h3-15,17H,18H2,1-2H3,(H,29,31)/b22-15-. The third-order valence-corrected chi connectivity index (χ3v) is 5.22. The molecule has 0 saturated heterocycles. The van der Waals surface area contributed by atoms with Gasteiger partial charge in [-0.15, -0.1) is 0 Å². The summed E-state index contributed by atoms with van der Waals surface area (Å²) < 4.78 is 1.93. The number of fused-ring (bicyclic) bond motifs is 1. The maximum atomic E-state index is 12.7. The molecular weight excluding hydrogens is 382 g/mol. The fourth-order valence-corrected chi connectivity index (χ4v) is 3.67. The Morgan fingerprint density at radius 1 is 1.00 bits per heavy atom. The number of hydrogen-bond acceptors (Lipinski definition) is 2. The number of nitriles is 1. The van der Waals surface area contributed by atoms with Gasteiger partial charge in [0.1, 0.15) is 6.54 Å². The minimum atomic E-state index is -0.0964. The highest BCUT2D eigenvalue weighted by Gasteiger charge is 2.12. The molecule has 0 atom stereocenters. The molecule has 0 aliphatic rings. The van der Waals surface area contributed by atoms with E-state index in [4.69, 9.17) is 0 Å². The van der Waals surface area contributed by atoms with Crippen molar-refractivity contribution in [3.8, 4) is 6.07 Å². The summed E-state index contributed by atoms with van der Waals surface area (Å²) in [5, 5.41) is 13.7. The number of amides is 1. The van der Waals surface area contributed by atoms with E-state index in [9.17, 15) is 10.1 Å². The van der Waals surface area contributed by atoms with Crippen LogP contribution in [0.1, 0.15) is 22.3 Å². The number of aromatic nitrogens is 1. The molecular formula is C27H23N3O. The number of nitrogens with zero attached hydrogens (tertiary/aromatic N) is 2. The molecule has 0 fully saturated rings. The predicted molar refractivity (Wildman–Crippen MR) is 126 cm³/mol. The van der Waals surface area contributed by atoms with Gasteiger partial charge in [0.25, 0.3) is 0 Å². The van der Waals surface area contributed by atoms with Gasteiger partial charge in [-0.25, -0.2) is 0 Å². The van der Waals surface area contributed by atoms with Crippen LogP contribution >= 0.6 is 0 Å². The molecule has 0 aliphatic heterocycles. The first-order chi connectivity index (χ1) is 15.0. The molecule has 0 unspecified atom stereocenters. The molecule has 0 aliphatic carbocycles. The number of rotatable bonds is 5. The second-order valence-corrected chi connectivity index (χ2v) is 7.68. The van der Waals surface area contributed by atoms with Crippen LogP contribution in [0.15, 0.2) is 79.0 Å². The molecule has 1 heterocycles. The minimum Gasteiger partial charge on any atom is -0.337 e. The number of para-hydroxylation sites is 1. The van der Waals surface area contributed by atoms with Crippen molar-refractivity contribution in [2.45, 2.75) is 20.4 Å². The molecule has 0 radical (unpaired) electrons. The molecule has 4 nitrogen and oxygen atoms in total. The highest BCUT2D eigenvalue weighted by atomic mass is 16.1. The predicted octanol–water partition coefficient (Wildman–Crippen LogP) is 5.96. The van der Waals surface area contributed by atoms with Crippen molar-refractivity contribution < 1.29 is 4.79 Å². The highest BCUT2D eigenvalue weighted by Crippen LogP contribution is 2.26. The number of aryl methyl sites for hydroxylation is 2. The van der Waals surface area contributed by atoms with Crippen LogP contribution in [0.25, 0.3) is 22.6 Å². The van der Waals surface area contributed by atoms with Crippen LogP contribution in [0.4, 0.5) is 5.69 Å². The summed E-state index contributed by atoms with van der Waals surface area (Å²) >= 11 is 0. The largest absolute Gasteiger partial charge is 0.337 e. The van der Waals surface area contributed by atoms with Gasteiger partial charge in [-0.1, -0.05) is 60.2 Å². The van der Waals surface area contributed by atoms with Crippen molar-refractivity contribution in [2.75, 3.05) is 5.32 Å². The summed E-state index contributed by atoms with van der Waals surface area (Å²) in [6.45, 7) is 4.21. The Morgan fingerprint density at radius 2 is 1.77 bits per heavy atom. The third-order valence-electron chi connectivity index (χ3n) is 5.22. The maximum absolute atomic E-state index is 12.7. The van der Waals surface area contributed by atoms with Crippen molar-refractivity contribution in [3.05, 3.63) is 101 Å². The van der Waals surface area contributed by atoms with E-state index >= 15 is 0 Å². The Balaban J connectivity index is 1.66. The van der Waals surface area contributed by atoms with Crippen molar-refractivity contribution in [1.82, 2.24) is 4.57 Å². The van der Waals surface area contributed by atoms with Gasteiger partial charge in [-0.05, 0) is 49.2 Å². The first-order valence-corrected chi connectivity index (χ1v) is 10.2. The minimum absolute atomic E-state index is 0.0964. The van der Waals surface area contributed by atoms with Gasteiger partial charge in [-0.2, -0.15) is 5.26 Å². The molecule has 0 saturated carbocycles. The van der Waals surface area contributed by atoms with Gasteiger partial charge in [-0.3, -0.25) is 4.79 Å². The van der Waals surface area contributed by atoms with Gasteiger partial charge in [0.05, 0.1) is 11.6 Å². The van der Waals surface area contributed by atoms with E-state index in [2.05, 4.69) is 11.4 Å². The lowest BCUT2D eigenvalue weighted by Gasteiger charge is -2.08. The smallest absolute Gasteiger partial charge is 0.244 e. The Labute approximate surface area is 182 Å². The zero-order valence-corrected chi connectivity index (χ0v) is 17.6. The maximum Gasteiger partial charge on any atom is 0.244 e. The van der Waals surface area contributed by atoms with E-state index in [-0.39, 0.29) is 12.5 Å². The lowest BCUT2D eigenvalue weighted by atomic mass is 10.0. The van der Waals surface area contributed by atoms with E-state index < -0.39 is 0 Å². The Morgan fingerprint density at radius 3 is 2.52 bits per heavy atom. The summed E-state index contributed by atoms with van der Waals surface area (Å²) in [7, 11) is 0. The van der Waals surface area contributed by atoms with Crippen LogP contribution in [-0.2, 0) is 11.3 Å². The molecule has 152 valence electrons. The number of carbonyl (C=O) groups excluding carboxylic acids is 1. The zero-order valence-electron chi connectivity index (χ0n) is 17.6. The summed E-state index contributed by atoms with van der Waals surface area (Å²) in [5.74, 6) is -0.0964. The van der Waals surface area contributed by atoms with Crippen molar-refractivity contribution >= 4 is 34.1 Å². The second kappa shape index (κ2) is 8.73. The number of anilines is 1. The quantitative estimate of drug-likeness (QED) is 0.416. The van der Waals surface area contributed by atoms with Gasteiger partial charge >= 0.3 is 0 Å². The molecule has 0 spiro atoms. The normalized spacial score (nSPS) is 11.3. The van der Waals surface area contributed by atoms with Crippen LogP contribution in [0.2, 0.25) is 0 Å². The second-order valence-electron chi connectivity index (χ2n) is 7.68. The molecule has 4 heteroatoms. The Kier molecular flexibility index (Phi) is 5.68. The fraction of sp³-hybridized carbons (Fsp3) is 0.111. The third kappa shape index (κ3) is 4.57. The summed E-state index contributed by atoms with van der Waals surface area (Å²) in [6, 6.07) is 25.9. The van der Waals surface area contributed by atoms with Crippen LogP contribution in [-0.4, -0.2) is 10.5 Å². The Hall–Kier alpha value is -4.10. The number of hydrogen-bond donors (Lipinski definition) is 1.